The highest BCUT2D eigenvalue weighted by molar-refractivity contribution is 6.30. The van der Waals surface area contributed by atoms with Gasteiger partial charge in [0, 0.05) is 11.1 Å². The van der Waals surface area contributed by atoms with E-state index in [1.165, 1.54) is 44.9 Å². The molecule has 0 aliphatic heterocycles. The Morgan fingerprint density at radius 1 is 1.15 bits per heavy atom. The number of nitrogens with one attached hydrogen (secondary N) is 1. The molecule has 0 saturated heterocycles. The van der Waals surface area contributed by atoms with Crippen LogP contribution < -0.4 is 10.1 Å². The van der Waals surface area contributed by atoms with E-state index in [4.69, 9.17) is 16.3 Å². The second-order valence-corrected chi connectivity index (χ2v) is 5.75. The van der Waals surface area contributed by atoms with Crippen LogP contribution in [0.2, 0.25) is 5.02 Å². The number of hydrogen-bond donors (Lipinski definition) is 1. The van der Waals surface area contributed by atoms with Crippen molar-refractivity contribution in [1.82, 2.24) is 5.32 Å². The molecule has 1 rings (SSSR count). The lowest BCUT2D eigenvalue weighted by molar-refractivity contribution is 0.260. The van der Waals surface area contributed by atoms with Crippen LogP contribution in [-0.4, -0.2) is 19.7 Å². The van der Waals surface area contributed by atoms with E-state index in [2.05, 4.69) is 12.2 Å². The van der Waals surface area contributed by atoms with E-state index >= 15 is 0 Å². The fourth-order valence-electron chi connectivity index (χ4n) is 2.24. The Labute approximate surface area is 128 Å². The molecule has 0 bridgehead atoms. The van der Waals surface area contributed by atoms with Crippen LogP contribution in [0.15, 0.2) is 24.3 Å². The number of benzene rings is 1. The topological polar surface area (TPSA) is 21.3 Å². The van der Waals surface area contributed by atoms with E-state index < -0.39 is 0 Å². The Morgan fingerprint density at radius 3 is 2.60 bits per heavy atom. The molecule has 0 fully saturated rings. The minimum Gasteiger partial charge on any atom is -0.492 e. The van der Waals surface area contributed by atoms with Gasteiger partial charge in [0.2, 0.25) is 0 Å². The first-order chi connectivity index (χ1) is 9.76. The molecule has 0 radical (unpaired) electrons. The summed E-state index contributed by atoms with van der Waals surface area (Å²) >= 11 is 5.94. The molecule has 0 aliphatic rings. The Balaban J connectivity index is 2.16. The molecule has 1 aromatic rings. The maximum absolute atomic E-state index is 5.94. The van der Waals surface area contributed by atoms with Crippen molar-refractivity contribution in [2.24, 2.45) is 0 Å². The number of hydrogen-bond acceptors (Lipinski definition) is 2. The molecule has 1 N–H and O–H groups in total. The first-order valence-corrected chi connectivity index (χ1v) is 8.19. The van der Waals surface area contributed by atoms with Crippen molar-refractivity contribution in [2.45, 2.75) is 57.9 Å². The van der Waals surface area contributed by atoms with Crippen LogP contribution in [-0.2, 0) is 0 Å². The van der Waals surface area contributed by atoms with Crippen molar-refractivity contribution in [2.75, 3.05) is 13.7 Å². The van der Waals surface area contributed by atoms with Gasteiger partial charge in [-0.1, -0.05) is 63.1 Å². The normalized spacial score (nSPS) is 12.3. The van der Waals surface area contributed by atoms with Crippen molar-refractivity contribution in [3.63, 3.8) is 0 Å². The number of ether oxygens (including phenoxy) is 1. The fourth-order valence-corrected chi connectivity index (χ4v) is 2.42. The van der Waals surface area contributed by atoms with Crippen LogP contribution in [0, 0.1) is 0 Å². The molecule has 1 atom stereocenters. The highest BCUT2D eigenvalue weighted by Crippen LogP contribution is 2.17. The molecular formula is C17H28ClNO. The fraction of sp³-hybridized carbons (Fsp3) is 0.647. The third-order valence-electron chi connectivity index (χ3n) is 3.56. The number of unbranched alkanes of at least 4 members (excludes halogenated alkanes) is 5. The van der Waals surface area contributed by atoms with E-state index in [-0.39, 0.29) is 0 Å². The van der Waals surface area contributed by atoms with Gasteiger partial charge in [-0.2, -0.15) is 0 Å². The summed E-state index contributed by atoms with van der Waals surface area (Å²) in [4.78, 5) is 0. The van der Waals surface area contributed by atoms with Gasteiger partial charge in [-0.25, -0.2) is 0 Å². The van der Waals surface area contributed by atoms with Gasteiger partial charge in [0.15, 0.2) is 0 Å². The molecule has 1 aromatic carbocycles. The first kappa shape index (κ1) is 17.3. The minimum absolute atomic E-state index is 0.417. The van der Waals surface area contributed by atoms with Crippen molar-refractivity contribution < 1.29 is 4.74 Å². The van der Waals surface area contributed by atoms with Crippen molar-refractivity contribution in [3.05, 3.63) is 29.3 Å². The van der Waals surface area contributed by atoms with Gasteiger partial charge >= 0.3 is 0 Å². The van der Waals surface area contributed by atoms with Gasteiger partial charge in [0.25, 0.3) is 0 Å². The van der Waals surface area contributed by atoms with Gasteiger partial charge in [-0.3, -0.25) is 0 Å². The molecule has 1 unspecified atom stereocenters. The molecule has 2 nitrogen and oxygen atoms in total. The Kier molecular flexibility index (Phi) is 9.52. The summed E-state index contributed by atoms with van der Waals surface area (Å²) in [7, 11) is 2.00. The van der Waals surface area contributed by atoms with Gasteiger partial charge in [-0.05, 0) is 31.7 Å². The predicted octanol–water partition coefficient (Wildman–Crippen LogP) is 5.06. The third kappa shape index (κ3) is 7.76. The second kappa shape index (κ2) is 11.0. The van der Waals surface area contributed by atoms with Crippen LogP contribution in [0.4, 0.5) is 0 Å². The van der Waals surface area contributed by atoms with Gasteiger partial charge in [0.1, 0.15) is 12.4 Å². The van der Waals surface area contributed by atoms with E-state index in [1.807, 2.05) is 31.3 Å². The molecule has 0 spiro atoms. The molecule has 0 amide bonds. The largest absolute Gasteiger partial charge is 0.492 e. The molecular weight excluding hydrogens is 270 g/mol. The molecule has 3 heteroatoms. The van der Waals surface area contributed by atoms with E-state index in [0.717, 1.165) is 10.8 Å². The van der Waals surface area contributed by atoms with Crippen LogP contribution in [0.1, 0.15) is 51.9 Å². The quantitative estimate of drug-likeness (QED) is 0.577. The number of rotatable bonds is 11. The third-order valence-corrected chi connectivity index (χ3v) is 3.80. The maximum Gasteiger partial charge on any atom is 0.120 e. The summed E-state index contributed by atoms with van der Waals surface area (Å²) in [5.74, 6) is 0.848. The summed E-state index contributed by atoms with van der Waals surface area (Å²) in [5, 5.41) is 4.05. The zero-order chi connectivity index (χ0) is 14.6. The molecule has 0 aliphatic carbocycles. The predicted molar refractivity (Wildman–Crippen MR) is 87.8 cm³/mol. The molecule has 0 aromatic heterocycles. The van der Waals surface area contributed by atoms with Crippen molar-refractivity contribution in [3.8, 4) is 5.75 Å². The summed E-state index contributed by atoms with van der Waals surface area (Å²) in [6, 6.07) is 8.00. The Morgan fingerprint density at radius 2 is 1.90 bits per heavy atom. The number of halogens is 1. The minimum atomic E-state index is 0.417. The average Bonchev–Trinajstić information content (AvgIpc) is 2.46. The lowest BCUT2D eigenvalue weighted by Crippen LogP contribution is -2.31. The highest BCUT2D eigenvalue weighted by atomic mass is 35.5. The average molecular weight is 298 g/mol. The molecule has 0 heterocycles. The molecule has 0 saturated carbocycles. The van der Waals surface area contributed by atoms with Crippen LogP contribution >= 0.6 is 11.6 Å². The summed E-state index contributed by atoms with van der Waals surface area (Å²) < 4.78 is 5.79. The smallest absolute Gasteiger partial charge is 0.120 e. The lowest BCUT2D eigenvalue weighted by atomic mass is 10.1. The number of likely N-dealkylation sites (N-methyl/N-ethyl adjacent to an activating group) is 1. The summed E-state index contributed by atoms with van der Waals surface area (Å²) in [6.45, 7) is 2.95. The summed E-state index contributed by atoms with van der Waals surface area (Å²) in [6.07, 6.45) is 9.19. The lowest BCUT2D eigenvalue weighted by Gasteiger charge is -2.17. The standard InChI is InChI=1S/C17H28ClNO/c1-3-4-5-6-7-8-11-16(19-2)14-20-17-12-9-10-15(18)13-17/h9-10,12-13,16,19H,3-8,11,14H2,1-2H3. The summed E-state index contributed by atoms with van der Waals surface area (Å²) in [5.41, 5.74) is 0. The Hall–Kier alpha value is -0.730. The zero-order valence-electron chi connectivity index (χ0n) is 12.8. The molecule has 20 heavy (non-hydrogen) atoms. The van der Waals surface area contributed by atoms with Gasteiger partial charge in [0.05, 0.1) is 0 Å². The highest BCUT2D eigenvalue weighted by Gasteiger charge is 2.07. The second-order valence-electron chi connectivity index (χ2n) is 5.31. The van der Waals surface area contributed by atoms with Crippen molar-refractivity contribution >= 4 is 11.6 Å². The SMILES string of the molecule is CCCCCCCCC(COc1cccc(Cl)c1)NC. The van der Waals surface area contributed by atoms with E-state index in [9.17, 15) is 0 Å². The van der Waals surface area contributed by atoms with Crippen molar-refractivity contribution in [1.29, 1.82) is 0 Å². The molecule has 114 valence electrons. The Bertz CT molecular complexity index is 357. The van der Waals surface area contributed by atoms with Gasteiger partial charge < -0.3 is 10.1 Å². The van der Waals surface area contributed by atoms with E-state index in [1.54, 1.807) is 0 Å². The first-order valence-electron chi connectivity index (χ1n) is 7.82. The zero-order valence-corrected chi connectivity index (χ0v) is 13.6. The van der Waals surface area contributed by atoms with Gasteiger partial charge in [-0.15, -0.1) is 0 Å². The monoisotopic (exact) mass is 297 g/mol. The van der Waals surface area contributed by atoms with Crippen LogP contribution in [0.3, 0.4) is 0 Å². The van der Waals surface area contributed by atoms with Crippen LogP contribution in [0.25, 0.3) is 0 Å². The van der Waals surface area contributed by atoms with E-state index in [0.29, 0.717) is 12.6 Å². The van der Waals surface area contributed by atoms with Crippen LogP contribution in [0.5, 0.6) is 5.75 Å². The maximum atomic E-state index is 5.94.